The van der Waals surface area contributed by atoms with Crippen LogP contribution in [0, 0.1) is 0 Å². The number of hydrogen-bond acceptors (Lipinski definition) is 5. The molecule has 3 N–H and O–H groups in total. The summed E-state index contributed by atoms with van der Waals surface area (Å²) in [5.41, 5.74) is 6.48. The minimum atomic E-state index is -0.627. The van der Waals surface area contributed by atoms with Crippen molar-refractivity contribution in [2.24, 2.45) is 5.73 Å². The molecule has 1 rings (SSSR count). The van der Waals surface area contributed by atoms with Gasteiger partial charge in [0.05, 0.1) is 26.4 Å². The van der Waals surface area contributed by atoms with Gasteiger partial charge in [-0.15, -0.1) is 0 Å². The fraction of sp³-hybridized carbons (Fsp3) is 0.538. The summed E-state index contributed by atoms with van der Waals surface area (Å²) >= 11 is 0. The number of likely N-dealkylation sites (N-methyl/N-ethyl adjacent to an activating group) is 1. The molecule has 2 unspecified atom stereocenters. The average Bonchev–Trinajstić information content (AvgIpc) is 2.37. The molecule has 2 atom stereocenters. The Morgan fingerprint density at radius 3 is 2.28 bits per heavy atom. The van der Waals surface area contributed by atoms with Crippen molar-refractivity contribution in [1.29, 1.82) is 0 Å². The summed E-state index contributed by atoms with van der Waals surface area (Å²) in [5, 5.41) is 9.99. The lowest BCUT2D eigenvalue weighted by molar-refractivity contribution is 0.0822. The van der Waals surface area contributed by atoms with Gasteiger partial charge in [-0.1, -0.05) is 6.07 Å². The molecule has 0 aromatic heterocycles. The Kier molecular flexibility index (Phi) is 5.40. The van der Waals surface area contributed by atoms with Gasteiger partial charge in [-0.3, -0.25) is 0 Å². The molecular weight excluding hydrogens is 232 g/mol. The monoisotopic (exact) mass is 254 g/mol. The van der Waals surface area contributed by atoms with Crippen LogP contribution in [0.25, 0.3) is 0 Å². The summed E-state index contributed by atoms with van der Waals surface area (Å²) in [6.07, 6.45) is -0.627. The number of nitrogens with zero attached hydrogens (tertiary/aromatic N) is 1. The van der Waals surface area contributed by atoms with E-state index in [0.717, 1.165) is 5.56 Å². The predicted octanol–water partition coefficient (Wildman–Crippen LogP) is 0.626. The van der Waals surface area contributed by atoms with Crippen LogP contribution in [0.5, 0.6) is 11.5 Å². The highest BCUT2D eigenvalue weighted by molar-refractivity contribution is 5.44. The van der Waals surface area contributed by atoms with Gasteiger partial charge >= 0.3 is 0 Å². The second kappa shape index (κ2) is 6.58. The average molecular weight is 254 g/mol. The molecule has 102 valence electrons. The Morgan fingerprint density at radius 1 is 1.22 bits per heavy atom. The van der Waals surface area contributed by atoms with Crippen molar-refractivity contribution in [2.45, 2.75) is 12.1 Å². The maximum absolute atomic E-state index is 9.99. The number of rotatable bonds is 6. The van der Waals surface area contributed by atoms with Crippen LogP contribution in [0.15, 0.2) is 18.2 Å². The van der Waals surface area contributed by atoms with Gasteiger partial charge in [0, 0.05) is 6.54 Å². The summed E-state index contributed by atoms with van der Waals surface area (Å²) in [6, 6.07) is 5.43. The van der Waals surface area contributed by atoms with E-state index >= 15 is 0 Å². The number of nitrogens with two attached hydrogens (primary N) is 1. The predicted molar refractivity (Wildman–Crippen MR) is 71.0 cm³/mol. The number of aliphatic hydroxyl groups is 1. The Hall–Kier alpha value is -1.30. The van der Waals surface area contributed by atoms with E-state index in [1.807, 2.05) is 37.2 Å². The summed E-state index contributed by atoms with van der Waals surface area (Å²) in [7, 11) is 6.99. The summed E-state index contributed by atoms with van der Waals surface area (Å²) in [6.45, 7) is 0.206. The first-order valence-electron chi connectivity index (χ1n) is 5.81. The van der Waals surface area contributed by atoms with E-state index in [2.05, 4.69) is 0 Å². The second-order valence-corrected chi connectivity index (χ2v) is 4.33. The molecule has 0 bridgehead atoms. The molecule has 0 heterocycles. The lowest BCUT2D eigenvalue weighted by Crippen LogP contribution is -2.36. The number of ether oxygens (including phenoxy) is 2. The lowest BCUT2D eigenvalue weighted by atomic mass is 10.00. The molecule has 1 aromatic carbocycles. The van der Waals surface area contributed by atoms with Crippen molar-refractivity contribution in [1.82, 2.24) is 4.90 Å². The molecule has 5 nitrogen and oxygen atoms in total. The fourth-order valence-electron chi connectivity index (χ4n) is 2.03. The molecule has 0 spiro atoms. The van der Waals surface area contributed by atoms with E-state index in [0.29, 0.717) is 11.5 Å². The standard InChI is InChI=1S/C13H22N2O3/c1-15(2)13(10(16)8-14)9-5-6-11(17-3)12(7-9)18-4/h5-7,10,13,16H,8,14H2,1-4H3. The Labute approximate surface area is 108 Å². The highest BCUT2D eigenvalue weighted by Crippen LogP contribution is 2.32. The van der Waals surface area contributed by atoms with Gasteiger partial charge in [-0.25, -0.2) is 0 Å². The molecule has 0 fully saturated rings. The number of aliphatic hydroxyl groups excluding tert-OH is 1. The summed E-state index contributed by atoms with van der Waals surface area (Å²) < 4.78 is 10.5. The molecule has 5 heteroatoms. The molecule has 0 saturated heterocycles. The molecule has 0 aliphatic carbocycles. The Bertz CT molecular complexity index is 382. The normalized spacial score (nSPS) is 14.4. The molecule has 0 radical (unpaired) electrons. The van der Waals surface area contributed by atoms with Crippen LogP contribution < -0.4 is 15.2 Å². The zero-order chi connectivity index (χ0) is 13.7. The van der Waals surface area contributed by atoms with Crippen LogP contribution in [0.2, 0.25) is 0 Å². The van der Waals surface area contributed by atoms with Gasteiger partial charge in [-0.05, 0) is 31.8 Å². The Morgan fingerprint density at radius 2 is 1.83 bits per heavy atom. The fourth-order valence-corrected chi connectivity index (χ4v) is 2.03. The first kappa shape index (κ1) is 14.8. The molecule has 1 aromatic rings. The van der Waals surface area contributed by atoms with E-state index < -0.39 is 6.10 Å². The van der Waals surface area contributed by atoms with Crippen molar-refractivity contribution >= 4 is 0 Å². The molecule has 0 saturated carbocycles. The van der Waals surface area contributed by atoms with Gasteiger partial charge in [0.1, 0.15) is 0 Å². The van der Waals surface area contributed by atoms with Gasteiger partial charge in [0.25, 0.3) is 0 Å². The van der Waals surface area contributed by atoms with Crippen molar-refractivity contribution in [3.63, 3.8) is 0 Å². The lowest BCUT2D eigenvalue weighted by Gasteiger charge is -2.29. The van der Waals surface area contributed by atoms with E-state index in [9.17, 15) is 5.11 Å². The van der Waals surface area contributed by atoms with Gasteiger partial charge in [0.15, 0.2) is 11.5 Å². The van der Waals surface area contributed by atoms with Crippen LogP contribution in [-0.2, 0) is 0 Å². The topological polar surface area (TPSA) is 68.0 Å². The van der Waals surface area contributed by atoms with Gasteiger partial charge in [-0.2, -0.15) is 0 Å². The van der Waals surface area contributed by atoms with Crippen LogP contribution in [0.4, 0.5) is 0 Å². The van der Waals surface area contributed by atoms with Gasteiger partial charge in [0.2, 0.25) is 0 Å². The third-order valence-electron chi connectivity index (χ3n) is 2.91. The van der Waals surface area contributed by atoms with Crippen LogP contribution in [0.1, 0.15) is 11.6 Å². The SMILES string of the molecule is COc1ccc(C(C(O)CN)N(C)C)cc1OC. The molecule has 0 aliphatic heterocycles. The number of benzene rings is 1. The minimum Gasteiger partial charge on any atom is -0.493 e. The van der Waals surface area contributed by atoms with Crippen molar-refractivity contribution in [3.8, 4) is 11.5 Å². The van der Waals surface area contributed by atoms with Crippen molar-refractivity contribution in [3.05, 3.63) is 23.8 Å². The smallest absolute Gasteiger partial charge is 0.161 e. The Balaban J connectivity index is 3.13. The van der Waals surface area contributed by atoms with Crippen LogP contribution in [-0.4, -0.2) is 51.0 Å². The van der Waals surface area contributed by atoms with E-state index in [-0.39, 0.29) is 12.6 Å². The molecule has 18 heavy (non-hydrogen) atoms. The largest absolute Gasteiger partial charge is 0.493 e. The van der Waals surface area contributed by atoms with E-state index in [1.165, 1.54) is 0 Å². The van der Waals surface area contributed by atoms with E-state index in [1.54, 1.807) is 14.2 Å². The highest BCUT2D eigenvalue weighted by atomic mass is 16.5. The second-order valence-electron chi connectivity index (χ2n) is 4.33. The number of methoxy groups -OCH3 is 2. The number of hydrogen-bond donors (Lipinski definition) is 2. The van der Waals surface area contributed by atoms with E-state index in [4.69, 9.17) is 15.2 Å². The third-order valence-corrected chi connectivity index (χ3v) is 2.91. The van der Waals surface area contributed by atoms with Crippen molar-refractivity contribution < 1.29 is 14.6 Å². The first-order valence-corrected chi connectivity index (χ1v) is 5.81. The minimum absolute atomic E-state index is 0.171. The summed E-state index contributed by atoms with van der Waals surface area (Å²) in [5.74, 6) is 1.31. The zero-order valence-corrected chi connectivity index (χ0v) is 11.4. The zero-order valence-electron chi connectivity index (χ0n) is 11.4. The summed E-state index contributed by atoms with van der Waals surface area (Å²) in [4.78, 5) is 1.93. The molecular formula is C13H22N2O3. The molecule has 0 aliphatic rings. The van der Waals surface area contributed by atoms with Crippen molar-refractivity contribution in [2.75, 3.05) is 34.9 Å². The van der Waals surface area contributed by atoms with Crippen LogP contribution in [0.3, 0.4) is 0 Å². The molecule has 0 amide bonds. The first-order chi connectivity index (χ1) is 8.54. The van der Waals surface area contributed by atoms with Gasteiger partial charge < -0.3 is 25.2 Å². The maximum atomic E-state index is 9.99. The quantitative estimate of drug-likeness (QED) is 0.779. The van der Waals surface area contributed by atoms with Crippen LogP contribution >= 0.6 is 0 Å². The third kappa shape index (κ3) is 3.13. The maximum Gasteiger partial charge on any atom is 0.161 e. The highest BCUT2D eigenvalue weighted by Gasteiger charge is 2.23.